The van der Waals surface area contributed by atoms with Crippen LogP contribution in [0, 0.1) is 12.8 Å². The molecule has 0 unspecified atom stereocenters. The second-order valence-corrected chi connectivity index (χ2v) is 10.6. The highest BCUT2D eigenvalue weighted by atomic mass is 19.4. The fourth-order valence-electron chi connectivity index (χ4n) is 5.28. The minimum atomic E-state index is -4.65. The van der Waals surface area contributed by atoms with Crippen molar-refractivity contribution in [1.82, 2.24) is 29.5 Å². The number of fused-ring (bicyclic) bond motifs is 1. The molecule has 6 rings (SSSR count). The molecule has 0 radical (unpaired) electrons. The third kappa shape index (κ3) is 5.18. The van der Waals surface area contributed by atoms with Crippen LogP contribution in [0.2, 0.25) is 0 Å². The van der Waals surface area contributed by atoms with Gasteiger partial charge in [-0.1, -0.05) is 30.3 Å². The maximum absolute atomic E-state index is 13.9. The van der Waals surface area contributed by atoms with Crippen molar-refractivity contribution in [2.45, 2.75) is 32.2 Å². The first-order valence-electron chi connectivity index (χ1n) is 13.8. The van der Waals surface area contributed by atoms with Crippen molar-refractivity contribution in [3.63, 3.8) is 0 Å². The first kappa shape index (κ1) is 29.0. The zero-order valence-corrected chi connectivity index (χ0v) is 23.5. The molecular formula is C31H26F4N6O3. The van der Waals surface area contributed by atoms with Crippen molar-refractivity contribution in [3.05, 3.63) is 100 Å². The van der Waals surface area contributed by atoms with Gasteiger partial charge in [0, 0.05) is 42.5 Å². The molecule has 0 aliphatic carbocycles. The van der Waals surface area contributed by atoms with E-state index in [9.17, 15) is 27.2 Å². The predicted molar refractivity (Wildman–Crippen MR) is 153 cm³/mol. The van der Waals surface area contributed by atoms with Gasteiger partial charge in [-0.3, -0.25) is 23.9 Å². The highest BCUT2D eigenvalue weighted by molar-refractivity contribution is 6.06. The zero-order chi connectivity index (χ0) is 31.2. The van der Waals surface area contributed by atoms with Gasteiger partial charge in [-0.2, -0.15) is 22.8 Å². The number of halogens is 4. The second-order valence-electron chi connectivity index (χ2n) is 10.6. The number of benzene rings is 2. The molecule has 0 spiro atoms. The highest BCUT2D eigenvalue weighted by Gasteiger charge is 2.43. The van der Waals surface area contributed by atoms with Crippen LogP contribution in [0.3, 0.4) is 0 Å². The number of amides is 1. The Balaban J connectivity index is 1.40. The van der Waals surface area contributed by atoms with Crippen LogP contribution in [-0.2, 0) is 0 Å². The van der Waals surface area contributed by atoms with E-state index in [1.54, 1.807) is 19.9 Å². The number of aromatic nitrogens is 5. The van der Waals surface area contributed by atoms with Crippen LogP contribution in [0.25, 0.3) is 28.3 Å². The molecule has 4 heterocycles. The third-order valence-electron chi connectivity index (χ3n) is 7.82. The summed E-state index contributed by atoms with van der Waals surface area (Å²) in [7, 11) is 0. The first-order chi connectivity index (χ1) is 21.1. The van der Waals surface area contributed by atoms with Crippen LogP contribution < -0.4 is 10.3 Å². The summed E-state index contributed by atoms with van der Waals surface area (Å²) in [5.74, 6) is -0.775. The van der Waals surface area contributed by atoms with Crippen LogP contribution in [-0.4, -0.2) is 60.8 Å². The van der Waals surface area contributed by atoms with Crippen molar-refractivity contribution in [2.75, 3.05) is 13.2 Å². The van der Waals surface area contributed by atoms with Crippen LogP contribution in [0.5, 0.6) is 5.75 Å². The van der Waals surface area contributed by atoms with Gasteiger partial charge in [0.1, 0.15) is 22.7 Å². The molecule has 3 aromatic heterocycles. The number of nitrogens with zero attached hydrogens (tertiary/aromatic N) is 5. The second kappa shape index (κ2) is 11.2. The summed E-state index contributed by atoms with van der Waals surface area (Å²) in [6.07, 6.45) is -3.88. The number of carbonyl (C=O) groups excluding carboxylic acids is 1. The van der Waals surface area contributed by atoms with Gasteiger partial charge in [-0.15, -0.1) is 0 Å². The molecule has 1 amide bonds. The number of ether oxygens (including phenoxy) is 1. The lowest BCUT2D eigenvalue weighted by atomic mass is 9.90. The van der Waals surface area contributed by atoms with E-state index < -0.39 is 30.4 Å². The number of carbonyl (C=O) groups is 1. The van der Waals surface area contributed by atoms with Crippen LogP contribution in [0.4, 0.5) is 17.6 Å². The molecular weight excluding hydrogens is 580 g/mol. The van der Waals surface area contributed by atoms with Crippen molar-refractivity contribution in [1.29, 1.82) is 0 Å². The SMILES string of the molecule is Cc1nccnc1-c1nn2c(=O)cc(-c3ccc(O[C@@H](c4ccccc4)C(F)(F)F)cc3)[nH]c2c1C(=O)N1C[C@H](CF)[C@@H]1C. The first-order valence-corrected chi connectivity index (χ1v) is 13.8. The van der Waals surface area contributed by atoms with Crippen molar-refractivity contribution in [2.24, 2.45) is 5.92 Å². The Morgan fingerprint density at radius 2 is 1.77 bits per heavy atom. The number of rotatable bonds is 7. The van der Waals surface area contributed by atoms with Gasteiger partial charge in [-0.05, 0) is 43.7 Å². The molecule has 1 saturated heterocycles. The molecule has 0 bridgehead atoms. The lowest BCUT2D eigenvalue weighted by Crippen LogP contribution is -2.58. The number of nitrogens with one attached hydrogen (secondary N) is 1. The highest BCUT2D eigenvalue weighted by Crippen LogP contribution is 2.37. The molecule has 1 aliphatic heterocycles. The van der Waals surface area contributed by atoms with Crippen LogP contribution in [0.15, 0.2) is 77.9 Å². The molecule has 5 aromatic rings. The van der Waals surface area contributed by atoms with Crippen LogP contribution in [0.1, 0.15) is 34.6 Å². The Bertz CT molecular complexity index is 1890. The van der Waals surface area contributed by atoms with E-state index in [2.05, 4.69) is 20.1 Å². The fraction of sp³-hybridized carbons (Fsp3) is 0.258. The minimum Gasteiger partial charge on any atom is -0.476 e. The molecule has 13 heteroatoms. The topological polar surface area (TPSA) is 105 Å². The Labute approximate surface area is 248 Å². The number of hydrogen-bond acceptors (Lipinski definition) is 6. The quantitative estimate of drug-likeness (QED) is 0.243. The van der Waals surface area contributed by atoms with Crippen molar-refractivity contribution in [3.8, 4) is 28.4 Å². The van der Waals surface area contributed by atoms with E-state index in [1.807, 2.05) is 0 Å². The predicted octanol–water partition coefficient (Wildman–Crippen LogP) is 5.57. The molecule has 226 valence electrons. The van der Waals surface area contributed by atoms with Gasteiger partial charge in [0.2, 0.25) is 6.10 Å². The molecule has 0 saturated carbocycles. The molecule has 44 heavy (non-hydrogen) atoms. The standard InChI is InChI=1S/C31H26F4N6O3/c1-17-26(37-13-12-36-17)27-25(30(43)40-16-21(15-32)18(40)2)29-38-23(14-24(42)41(29)39-27)19-8-10-22(11-9-19)44-28(31(33,34)35)20-6-4-3-5-7-20/h3-14,18,21,28,38H,15-16H2,1-2H3/t18-,21-,28-/m0/s1. The maximum atomic E-state index is 13.9. The summed E-state index contributed by atoms with van der Waals surface area (Å²) in [6, 6.07) is 14.0. The van der Waals surface area contributed by atoms with E-state index >= 15 is 0 Å². The van der Waals surface area contributed by atoms with Crippen LogP contribution >= 0.6 is 0 Å². The number of likely N-dealkylation sites (tertiary alicyclic amines) is 1. The molecule has 3 atom stereocenters. The summed E-state index contributed by atoms with van der Waals surface area (Å²) in [5, 5.41) is 4.43. The number of aryl methyl sites for hydroxylation is 1. The van der Waals surface area contributed by atoms with Gasteiger partial charge < -0.3 is 14.6 Å². The number of H-pyrrole nitrogens is 1. The summed E-state index contributed by atoms with van der Waals surface area (Å²) in [6.45, 7) is 3.10. The fourth-order valence-corrected chi connectivity index (χ4v) is 5.28. The maximum Gasteiger partial charge on any atom is 0.429 e. The Hall–Kier alpha value is -5.07. The third-order valence-corrected chi connectivity index (χ3v) is 7.82. The lowest BCUT2D eigenvalue weighted by molar-refractivity contribution is -0.198. The summed E-state index contributed by atoms with van der Waals surface area (Å²) in [4.78, 5) is 40.3. The normalized spacial score (nSPS) is 17.4. The Kier molecular flexibility index (Phi) is 7.39. The van der Waals surface area contributed by atoms with Gasteiger partial charge >= 0.3 is 6.18 Å². The zero-order valence-electron chi connectivity index (χ0n) is 23.5. The van der Waals surface area contributed by atoms with E-state index in [1.165, 1.54) is 71.9 Å². The summed E-state index contributed by atoms with van der Waals surface area (Å²) >= 11 is 0. The van der Waals surface area contributed by atoms with Crippen molar-refractivity contribution < 1.29 is 27.1 Å². The number of alkyl halides is 4. The lowest BCUT2D eigenvalue weighted by Gasteiger charge is -2.45. The average molecular weight is 607 g/mol. The van der Waals surface area contributed by atoms with E-state index in [0.29, 0.717) is 22.6 Å². The molecule has 1 N–H and O–H groups in total. The molecule has 1 fully saturated rings. The monoisotopic (exact) mass is 606 g/mol. The van der Waals surface area contributed by atoms with Crippen molar-refractivity contribution >= 4 is 11.6 Å². The van der Waals surface area contributed by atoms with E-state index in [-0.39, 0.29) is 46.7 Å². The molecule has 9 nitrogen and oxygen atoms in total. The number of hydrogen-bond donors (Lipinski definition) is 1. The Morgan fingerprint density at radius 1 is 1.07 bits per heavy atom. The van der Waals surface area contributed by atoms with Gasteiger partial charge in [0.25, 0.3) is 11.5 Å². The van der Waals surface area contributed by atoms with Gasteiger partial charge in [0.05, 0.1) is 18.1 Å². The van der Waals surface area contributed by atoms with E-state index in [0.717, 1.165) is 4.52 Å². The number of aromatic amines is 1. The average Bonchev–Trinajstić information content (AvgIpc) is 3.39. The molecule has 1 aliphatic rings. The van der Waals surface area contributed by atoms with Gasteiger partial charge in [0.15, 0.2) is 5.65 Å². The van der Waals surface area contributed by atoms with E-state index in [4.69, 9.17) is 4.74 Å². The minimum absolute atomic E-state index is 0.0295. The largest absolute Gasteiger partial charge is 0.476 e. The summed E-state index contributed by atoms with van der Waals surface area (Å²) < 4.78 is 61.2. The smallest absolute Gasteiger partial charge is 0.429 e. The van der Waals surface area contributed by atoms with Gasteiger partial charge in [-0.25, -0.2) is 0 Å². The Morgan fingerprint density at radius 3 is 2.41 bits per heavy atom. The molecule has 2 aromatic carbocycles. The summed E-state index contributed by atoms with van der Waals surface area (Å²) in [5.41, 5.74) is 1.25.